The summed E-state index contributed by atoms with van der Waals surface area (Å²) < 4.78 is 11.1. The predicted molar refractivity (Wildman–Crippen MR) is 99.1 cm³/mol. The zero-order valence-electron chi connectivity index (χ0n) is 16.8. The smallest absolute Gasteiger partial charge is 0.217 e. The number of fused-ring (bicyclic) bond motifs is 4. The summed E-state index contributed by atoms with van der Waals surface area (Å²) in [5, 5.41) is 89.9. The second-order valence-electron chi connectivity index (χ2n) is 8.10. The first-order valence-corrected chi connectivity index (χ1v) is 9.45. The molecule has 0 spiro atoms. The van der Waals surface area contributed by atoms with Crippen molar-refractivity contribution in [2.24, 2.45) is 21.7 Å². The molecule has 4 heterocycles. The first-order chi connectivity index (χ1) is 16.2. The second kappa shape index (κ2) is 6.26. The third kappa shape index (κ3) is 1.65. The lowest BCUT2D eigenvalue weighted by Crippen LogP contribution is -2.65. The van der Waals surface area contributed by atoms with Gasteiger partial charge in [0.25, 0.3) is 0 Å². The SMILES string of the molecule is N#CC1(C#N)[C@H]2C=C[C@@](C(=O)[C@@H](O)[C@@]34C=C[C@@H](O3)C(C#N)(C#N)C4(C#N)C#N)(O2)C1(C#N)C#N. The summed E-state index contributed by atoms with van der Waals surface area (Å²) in [6.07, 6.45) is -1.24. The molecule has 1 N–H and O–H groups in total. The predicted octanol–water partition coefficient (Wildman–Crippen LogP) is -0.535. The highest BCUT2D eigenvalue weighted by molar-refractivity contribution is 5.99. The number of carbonyl (C=O) groups excluding carboxylic acids is 1. The number of hydrogen-bond donors (Lipinski definition) is 1. The highest BCUT2D eigenvalue weighted by Crippen LogP contribution is 2.66. The van der Waals surface area contributed by atoms with E-state index < -0.39 is 57.0 Å². The fourth-order valence-electron chi connectivity index (χ4n) is 5.41. The summed E-state index contributed by atoms with van der Waals surface area (Å²) in [5.41, 5.74) is -15.6. The first kappa shape index (κ1) is 22.2. The van der Waals surface area contributed by atoms with Gasteiger partial charge in [-0.1, -0.05) is 12.2 Å². The van der Waals surface area contributed by atoms with Gasteiger partial charge in [-0.25, -0.2) is 0 Å². The van der Waals surface area contributed by atoms with Gasteiger partial charge in [-0.15, -0.1) is 0 Å². The Morgan fingerprint density at radius 1 is 0.706 bits per heavy atom. The van der Waals surface area contributed by atoms with Gasteiger partial charge in [0.1, 0.15) is 12.2 Å². The molecule has 2 saturated heterocycles. The van der Waals surface area contributed by atoms with E-state index in [0.29, 0.717) is 0 Å². The Morgan fingerprint density at radius 3 is 1.62 bits per heavy atom. The van der Waals surface area contributed by atoms with E-state index in [1.807, 2.05) is 0 Å². The maximum Gasteiger partial charge on any atom is 0.217 e. The molecule has 160 valence electrons. The summed E-state index contributed by atoms with van der Waals surface area (Å²) in [5.74, 6) is -1.46. The fourth-order valence-corrected chi connectivity index (χ4v) is 5.41. The van der Waals surface area contributed by atoms with Crippen LogP contribution in [0.25, 0.3) is 0 Å². The highest BCUT2D eigenvalue weighted by atomic mass is 16.5. The number of aliphatic hydroxyl groups excluding tert-OH is 1. The Labute approximate surface area is 191 Å². The van der Waals surface area contributed by atoms with E-state index in [-0.39, 0.29) is 0 Å². The number of ketones is 1. The molecule has 0 radical (unpaired) electrons. The van der Waals surface area contributed by atoms with Crippen molar-refractivity contribution in [3.8, 4) is 48.6 Å². The van der Waals surface area contributed by atoms with Crippen LogP contribution in [0.4, 0.5) is 0 Å². The molecular formula is C22H8N8O4. The molecule has 0 amide bonds. The molecule has 4 aliphatic rings. The zero-order valence-corrected chi connectivity index (χ0v) is 16.8. The van der Waals surface area contributed by atoms with Gasteiger partial charge in [0.15, 0.2) is 17.3 Å². The summed E-state index contributed by atoms with van der Waals surface area (Å²) in [6.45, 7) is 0. The standard InChI is InChI=1S/C22H8N8O4/c23-5-17(6-24)13-1-3-21(33-13,19(17,9-27)10-28)15(31)16(32)22-4-2-14(34-22)18(7-25,8-26)20(22,11-29)12-30/h1-4,13-15,31H/t13-,14-,15-,21-,22+/m1/s1. The van der Waals surface area contributed by atoms with Crippen LogP contribution in [0, 0.1) is 112 Å². The molecule has 34 heavy (non-hydrogen) atoms. The third-order valence-corrected chi connectivity index (χ3v) is 7.24. The van der Waals surface area contributed by atoms with Gasteiger partial charge in [0.2, 0.25) is 27.4 Å². The molecule has 0 unspecified atom stereocenters. The number of rotatable bonds is 3. The van der Waals surface area contributed by atoms with Crippen molar-refractivity contribution < 1.29 is 19.4 Å². The summed E-state index contributed by atoms with van der Waals surface area (Å²) in [4.78, 5) is 13.8. The molecule has 4 rings (SSSR count). The summed E-state index contributed by atoms with van der Waals surface area (Å²) in [7, 11) is 0. The van der Waals surface area contributed by atoms with Gasteiger partial charge >= 0.3 is 0 Å². The van der Waals surface area contributed by atoms with Gasteiger partial charge in [0, 0.05) is 0 Å². The van der Waals surface area contributed by atoms with Crippen LogP contribution in [0.3, 0.4) is 0 Å². The Kier molecular flexibility index (Phi) is 4.08. The van der Waals surface area contributed by atoms with Crippen LogP contribution < -0.4 is 0 Å². The molecule has 4 bridgehead atoms. The topological polar surface area (TPSA) is 246 Å². The normalized spacial score (nSPS) is 35.7. The van der Waals surface area contributed by atoms with Crippen LogP contribution in [0.2, 0.25) is 0 Å². The third-order valence-electron chi connectivity index (χ3n) is 7.24. The fraction of sp³-hybridized carbons (Fsp3) is 0.409. The number of hydrogen-bond acceptors (Lipinski definition) is 12. The molecule has 12 nitrogen and oxygen atoms in total. The van der Waals surface area contributed by atoms with Gasteiger partial charge in [-0.3, -0.25) is 4.79 Å². The van der Waals surface area contributed by atoms with E-state index in [9.17, 15) is 52.0 Å². The quantitative estimate of drug-likeness (QED) is 0.535. The molecule has 0 saturated carbocycles. The number of carbonyl (C=O) groups is 1. The zero-order chi connectivity index (χ0) is 25.2. The molecule has 0 aliphatic carbocycles. The molecule has 0 aromatic carbocycles. The molecular weight excluding hydrogens is 440 g/mol. The number of aliphatic hydroxyl groups is 1. The minimum Gasteiger partial charge on any atom is -0.382 e. The molecule has 2 fully saturated rings. The number of nitriles is 8. The van der Waals surface area contributed by atoms with Crippen molar-refractivity contribution in [3.63, 3.8) is 0 Å². The average Bonchev–Trinajstić information content (AvgIpc) is 3.62. The van der Waals surface area contributed by atoms with Gasteiger partial charge < -0.3 is 14.6 Å². The summed E-state index contributed by atoms with van der Waals surface area (Å²) in [6, 6.07) is 12.6. The van der Waals surface area contributed by atoms with Crippen LogP contribution in [-0.2, 0) is 14.3 Å². The van der Waals surface area contributed by atoms with Gasteiger partial charge in [-0.05, 0) is 12.2 Å². The van der Waals surface area contributed by atoms with Crippen LogP contribution in [-0.4, -0.2) is 40.4 Å². The van der Waals surface area contributed by atoms with Crippen molar-refractivity contribution in [1.82, 2.24) is 0 Å². The lowest BCUT2D eigenvalue weighted by Gasteiger charge is -2.42. The van der Waals surface area contributed by atoms with Crippen LogP contribution in [0.5, 0.6) is 0 Å². The summed E-state index contributed by atoms with van der Waals surface area (Å²) >= 11 is 0. The van der Waals surface area contributed by atoms with Crippen molar-refractivity contribution >= 4 is 5.78 Å². The Bertz CT molecular complexity index is 1400. The molecule has 0 aromatic rings. The Hall–Kier alpha value is -5.05. The Balaban J connectivity index is 1.96. The van der Waals surface area contributed by atoms with Crippen LogP contribution in [0.1, 0.15) is 0 Å². The lowest BCUT2D eigenvalue weighted by atomic mass is 9.51. The molecule has 12 heteroatoms. The van der Waals surface area contributed by atoms with E-state index in [1.165, 1.54) is 12.1 Å². The molecule has 0 aromatic heterocycles. The maximum absolute atomic E-state index is 13.8. The lowest BCUT2D eigenvalue weighted by molar-refractivity contribution is -0.162. The largest absolute Gasteiger partial charge is 0.382 e. The number of Topliss-reactive ketones (excluding diaryl/α,β-unsaturated/α-hetero) is 1. The molecule has 5 atom stereocenters. The van der Waals surface area contributed by atoms with E-state index in [1.54, 1.807) is 36.4 Å². The maximum atomic E-state index is 13.8. The van der Waals surface area contributed by atoms with E-state index >= 15 is 0 Å². The van der Waals surface area contributed by atoms with Crippen molar-refractivity contribution in [3.05, 3.63) is 24.3 Å². The van der Waals surface area contributed by atoms with E-state index in [2.05, 4.69) is 0 Å². The van der Waals surface area contributed by atoms with Crippen molar-refractivity contribution in [2.45, 2.75) is 29.5 Å². The molecule has 4 aliphatic heterocycles. The highest BCUT2D eigenvalue weighted by Gasteiger charge is 2.85. The first-order valence-electron chi connectivity index (χ1n) is 9.45. The van der Waals surface area contributed by atoms with Gasteiger partial charge in [0.05, 0.1) is 48.6 Å². The van der Waals surface area contributed by atoms with E-state index in [4.69, 9.17) is 9.47 Å². The Morgan fingerprint density at radius 2 is 1.15 bits per heavy atom. The monoisotopic (exact) mass is 448 g/mol. The minimum absolute atomic E-state index is 0.965. The van der Waals surface area contributed by atoms with Crippen LogP contribution in [0.15, 0.2) is 24.3 Å². The number of nitrogens with zero attached hydrogens (tertiary/aromatic N) is 8. The van der Waals surface area contributed by atoms with Gasteiger partial charge in [-0.2, -0.15) is 42.1 Å². The minimum atomic E-state index is -2.75. The van der Waals surface area contributed by atoms with Crippen molar-refractivity contribution in [1.29, 1.82) is 42.1 Å². The van der Waals surface area contributed by atoms with Crippen molar-refractivity contribution in [2.75, 3.05) is 0 Å². The van der Waals surface area contributed by atoms with E-state index in [0.717, 1.165) is 24.3 Å². The average molecular weight is 448 g/mol. The second-order valence-corrected chi connectivity index (χ2v) is 8.10. The number of ether oxygens (including phenoxy) is 2. The van der Waals surface area contributed by atoms with Crippen LogP contribution >= 0.6 is 0 Å².